The average Bonchev–Trinajstić information content (AvgIpc) is 3.03. The Morgan fingerprint density at radius 2 is 1.93 bits per heavy atom. The van der Waals surface area contributed by atoms with Crippen LogP contribution in [-0.2, 0) is 4.79 Å². The molecule has 1 aromatic heterocycles. The van der Waals surface area contributed by atoms with Crippen molar-refractivity contribution >= 4 is 23.5 Å². The Kier molecular flexibility index (Phi) is 5.60. The maximum atomic E-state index is 13.9. The summed E-state index contributed by atoms with van der Waals surface area (Å²) in [5.41, 5.74) is -0.305. The molecule has 28 heavy (non-hydrogen) atoms. The molecular weight excluding hydrogens is 389 g/mol. The molecule has 0 aliphatic heterocycles. The van der Waals surface area contributed by atoms with Gasteiger partial charge in [-0.2, -0.15) is 0 Å². The predicted octanol–water partition coefficient (Wildman–Crippen LogP) is 2.90. The first kappa shape index (κ1) is 19.4. The minimum atomic E-state index is -1.12. The van der Waals surface area contributed by atoms with Crippen LogP contribution in [0.5, 0.6) is 0 Å². The first-order chi connectivity index (χ1) is 13.3. The molecule has 3 rings (SSSR count). The number of carboxylic acids is 1. The molecule has 9 heteroatoms. The Hall–Kier alpha value is -3.39. The van der Waals surface area contributed by atoms with Crippen molar-refractivity contribution in [1.29, 1.82) is 0 Å². The molecule has 0 saturated carbocycles. The van der Waals surface area contributed by atoms with Crippen LogP contribution >= 0.6 is 11.6 Å². The molecule has 3 N–H and O–H groups in total. The molecule has 0 radical (unpaired) electrons. The number of carbonyl (C=O) groups excluding carboxylic acids is 1. The fourth-order valence-electron chi connectivity index (χ4n) is 2.71. The number of rotatable bonds is 6. The Labute approximate surface area is 163 Å². The Morgan fingerprint density at radius 1 is 1.18 bits per heavy atom. The fourth-order valence-corrected chi connectivity index (χ4v) is 2.91. The molecular formula is C19H15ClFN3O4. The van der Waals surface area contributed by atoms with Crippen molar-refractivity contribution in [2.75, 3.05) is 0 Å². The van der Waals surface area contributed by atoms with Gasteiger partial charge in [0.15, 0.2) is 0 Å². The molecule has 1 amide bonds. The van der Waals surface area contributed by atoms with Crippen LogP contribution in [0, 0.1) is 5.82 Å². The van der Waals surface area contributed by atoms with Crippen molar-refractivity contribution in [2.45, 2.75) is 12.5 Å². The summed E-state index contributed by atoms with van der Waals surface area (Å²) < 4.78 is 14.8. The molecule has 0 aliphatic rings. The van der Waals surface area contributed by atoms with Gasteiger partial charge >= 0.3 is 5.97 Å². The lowest BCUT2D eigenvalue weighted by Gasteiger charge is -2.17. The number of amides is 1. The molecule has 3 aromatic rings. The van der Waals surface area contributed by atoms with Gasteiger partial charge in [-0.25, -0.2) is 9.07 Å². The topological polar surface area (TPSA) is 104 Å². The smallest absolute Gasteiger partial charge is 0.305 e. The number of hydrogen-bond donors (Lipinski definition) is 3. The minimum Gasteiger partial charge on any atom is -0.481 e. The van der Waals surface area contributed by atoms with Gasteiger partial charge in [-0.15, -0.1) is 0 Å². The maximum Gasteiger partial charge on any atom is 0.305 e. The van der Waals surface area contributed by atoms with E-state index in [1.807, 2.05) is 0 Å². The average molecular weight is 404 g/mol. The van der Waals surface area contributed by atoms with Gasteiger partial charge in [-0.05, 0) is 29.8 Å². The summed E-state index contributed by atoms with van der Waals surface area (Å²) in [5.74, 6) is -2.47. The van der Waals surface area contributed by atoms with Gasteiger partial charge in [0.05, 0.1) is 12.5 Å². The zero-order valence-corrected chi connectivity index (χ0v) is 15.1. The van der Waals surface area contributed by atoms with Crippen molar-refractivity contribution in [3.8, 4) is 5.69 Å². The number of para-hydroxylation sites is 1. The minimum absolute atomic E-state index is 0.0384. The molecule has 0 fully saturated rings. The van der Waals surface area contributed by atoms with E-state index in [0.29, 0.717) is 10.6 Å². The van der Waals surface area contributed by atoms with Crippen molar-refractivity contribution < 1.29 is 19.1 Å². The third-order valence-electron chi connectivity index (χ3n) is 3.99. The number of benzene rings is 2. The Balaban J connectivity index is 1.89. The second-order valence-electron chi connectivity index (χ2n) is 5.97. The lowest BCUT2D eigenvalue weighted by Crippen LogP contribution is -2.30. The van der Waals surface area contributed by atoms with Crippen LogP contribution in [0.2, 0.25) is 5.02 Å². The number of aromatic nitrogens is 2. The van der Waals surface area contributed by atoms with Gasteiger partial charge in [0.1, 0.15) is 17.2 Å². The van der Waals surface area contributed by atoms with E-state index in [1.54, 1.807) is 30.3 Å². The lowest BCUT2D eigenvalue weighted by atomic mass is 10.0. The van der Waals surface area contributed by atoms with Crippen molar-refractivity contribution in [1.82, 2.24) is 15.1 Å². The maximum absolute atomic E-state index is 13.9. The fraction of sp³-hybridized carbons (Fsp3) is 0.105. The number of aliphatic carboxylic acids is 1. The molecule has 2 aromatic carbocycles. The SMILES string of the molecule is O=C(O)CC(NC(=O)c1cc(=O)n(-c2ccccc2F)[nH]1)c1cccc(Cl)c1. The van der Waals surface area contributed by atoms with Crippen LogP contribution in [0.4, 0.5) is 4.39 Å². The highest BCUT2D eigenvalue weighted by Crippen LogP contribution is 2.21. The second kappa shape index (κ2) is 8.10. The van der Waals surface area contributed by atoms with E-state index in [9.17, 15) is 18.8 Å². The molecule has 1 heterocycles. The molecule has 144 valence electrons. The molecule has 0 spiro atoms. The van der Waals surface area contributed by atoms with E-state index in [0.717, 1.165) is 10.7 Å². The van der Waals surface area contributed by atoms with E-state index in [-0.39, 0.29) is 17.8 Å². The quantitative estimate of drug-likeness (QED) is 0.588. The van der Waals surface area contributed by atoms with E-state index >= 15 is 0 Å². The highest BCUT2D eigenvalue weighted by atomic mass is 35.5. The molecule has 0 saturated heterocycles. The molecule has 1 unspecified atom stereocenters. The molecule has 1 atom stereocenters. The highest BCUT2D eigenvalue weighted by Gasteiger charge is 2.21. The normalized spacial score (nSPS) is 11.8. The third-order valence-corrected chi connectivity index (χ3v) is 4.23. The van der Waals surface area contributed by atoms with E-state index in [4.69, 9.17) is 16.7 Å². The number of carboxylic acid groups (broad SMARTS) is 1. The second-order valence-corrected chi connectivity index (χ2v) is 6.41. The summed E-state index contributed by atoms with van der Waals surface area (Å²) in [4.78, 5) is 35.9. The largest absolute Gasteiger partial charge is 0.481 e. The summed E-state index contributed by atoms with van der Waals surface area (Å²) in [7, 11) is 0. The van der Waals surface area contributed by atoms with Crippen molar-refractivity contribution in [2.24, 2.45) is 0 Å². The Morgan fingerprint density at radius 3 is 2.61 bits per heavy atom. The van der Waals surface area contributed by atoms with Crippen LogP contribution in [0.3, 0.4) is 0 Å². The highest BCUT2D eigenvalue weighted by molar-refractivity contribution is 6.30. The number of H-pyrrole nitrogens is 1. The standard InChI is InChI=1S/C19H15ClFN3O4/c20-12-5-3-4-11(8-12)14(10-18(26)27)22-19(28)15-9-17(25)24(23-15)16-7-2-1-6-13(16)21/h1-9,14,23H,10H2,(H,22,28)(H,26,27). The van der Waals surface area contributed by atoms with Crippen molar-refractivity contribution in [3.05, 3.63) is 87.0 Å². The summed E-state index contributed by atoms with van der Waals surface area (Å²) in [6.07, 6.45) is -0.385. The number of nitrogens with zero attached hydrogens (tertiary/aromatic N) is 1. The molecule has 0 bridgehead atoms. The summed E-state index contributed by atoms with van der Waals surface area (Å²) in [5, 5.41) is 14.6. The van der Waals surface area contributed by atoms with Gasteiger partial charge in [0.2, 0.25) is 0 Å². The summed E-state index contributed by atoms with van der Waals surface area (Å²) in [6.45, 7) is 0. The first-order valence-corrected chi connectivity index (χ1v) is 8.58. The Bertz CT molecular complexity index is 1090. The van der Waals surface area contributed by atoms with Gasteiger partial charge in [0, 0.05) is 11.1 Å². The zero-order chi connectivity index (χ0) is 20.3. The number of nitrogens with one attached hydrogen (secondary N) is 2. The van der Waals surface area contributed by atoms with Crippen LogP contribution in [0.25, 0.3) is 5.69 Å². The molecule has 7 nitrogen and oxygen atoms in total. The molecule has 0 aliphatic carbocycles. The number of carbonyl (C=O) groups is 2. The van der Waals surface area contributed by atoms with Crippen LogP contribution < -0.4 is 10.9 Å². The van der Waals surface area contributed by atoms with E-state index < -0.39 is 29.3 Å². The van der Waals surface area contributed by atoms with E-state index in [2.05, 4.69) is 10.4 Å². The van der Waals surface area contributed by atoms with Crippen molar-refractivity contribution in [3.63, 3.8) is 0 Å². The van der Waals surface area contributed by atoms with Gasteiger partial charge < -0.3 is 10.4 Å². The first-order valence-electron chi connectivity index (χ1n) is 8.20. The van der Waals surface area contributed by atoms with Gasteiger partial charge in [-0.1, -0.05) is 35.9 Å². The number of aromatic amines is 1. The predicted molar refractivity (Wildman–Crippen MR) is 100 cm³/mol. The zero-order valence-electron chi connectivity index (χ0n) is 14.4. The number of halogens is 2. The third kappa shape index (κ3) is 4.29. The monoisotopic (exact) mass is 403 g/mol. The lowest BCUT2D eigenvalue weighted by molar-refractivity contribution is -0.137. The number of hydrogen-bond acceptors (Lipinski definition) is 3. The van der Waals surface area contributed by atoms with Gasteiger partial charge in [0.25, 0.3) is 11.5 Å². The van der Waals surface area contributed by atoms with Crippen LogP contribution in [0.15, 0.2) is 59.4 Å². The summed E-state index contributed by atoms with van der Waals surface area (Å²) in [6, 6.07) is 12.2. The van der Waals surface area contributed by atoms with Crippen LogP contribution in [-0.4, -0.2) is 26.8 Å². The van der Waals surface area contributed by atoms with Crippen LogP contribution in [0.1, 0.15) is 28.5 Å². The summed E-state index contributed by atoms with van der Waals surface area (Å²) >= 11 is 5.94. The van der Waals surface area contributed by atoms with Gasteiger partial charge in [-0.3, -0.25) is 19.5 Å². The van der Waals surface area contributed by atoms with E-state index in [1.165, 1.54) is 18.2 Å².